The minimum atomic E-state index is 0.705. The van der Waals surface area contributed by atoms with Gasteiger partial charge < -0.3 is 20.3 Å². The molecule has 1 saturated heterocycles. The van der Waals surface area contributed by atoms with Gasteiger partial charge in [-0.2, -0.15) is 0 Å². The Bertz CT molecular complexity index is 314. The molecule has 0 unspecified atom stereocenters. The summed E-state index contributed by atoms with van der Waals surface area (Å²) in [7, 11) is 1.81. The maximum Gasteiger partial charge on any atom is 0.191 e. The van der Waals surface area contributed by atoms with Gasteiger partial charge in [-0.25, -0.2) is 0 Å². The Hall–Kier alpha value is -0.850. The highest BCUT2D eigenvalue weighted by Crippen LogP contribution is 2.00. The number of aliphatic imine (C=N–C) groups is 1. The first-order valence-electron chi connectivity index (χ1n) is 9.12. The fraction of sp³-hybridized carbons (Fsp3) is 0.941. The van der Waals surface area contributed by atoms with E-state index in [-0.39, 0.29) is 0 Å². The van der Waals surface area contributed by atoms with E-state index in [1.807, 2.05) is 7.05 Å². The summed E-state index contributed by atoms with van der Waals surface area (Å²) >= 11 is 0. The summed E-state index contributed by atoms with van der Waals surface area (Å²) in [5.74, 6) is 1.57. The quantitative estimate of drug-likeness (QED) is 0.354. The van der Waals surface area contributed by atoms with Crippen LogP contribution in [0.15, 0.2) is 4.99 Å². The lowest BCUT2D eigenvalue weighted by atomic mass is 10.1. The van der Waals surface area contributed by atoms with Crippen LogP contribution >= 0.6 is 0 Å². The number of hydrogen-bond donors (Lipinski definition) is 2. The van der Waals surface area contributed by atoms with Gasteiger partial charge in [0.2, 0.25) is 0 Å². The third-order valence-corrected chi connectivity index (χ3v) is 4.23. The number of nitrogens with one attached hydrogen (secondary N) is 2. The van der Waals surface area contributed by atoms with Crippen LogP contribution < -0.4 is 10.6 Å². The van der Waals surface area contributed by atoms with Crippen molar-refractivity contribution >= 4 is 5.96 Å². The Morgan fingerprint density at radius 1 is 1.04 bits per heavy atom. The van der Waals surface area contributed by atoms with Crippen molar-refractivity contribution in [2.24, 2.45) is 10.9 Å². The van der Waals surface area contributed by atoms with Crippen molar-refractivity contribution in [3.63, 3.8) is 0 Å². The molecule has 0 aromatic carbocycles. The Balaban J connectivity index is 2.01. The van der Waals surface area contributed by atoms with Gasteiger partial charge in [-0.3, -0.25) is 9.89 Å². The van der Waals surface area contributed by atoms with Crippen LogP contribution in [0.3, 0.4) is 0 Å². The number of rotatable bonds is 10. The number of guanidine groups is 1. The van der Waals surface area contributed by atoms with E-state index in [2.05, 4.69) is 46.2 Å². The molecule has 6 nitrogen and oxygen atoms in total. The molecule has 0 saturated carbocycles. The average Bonchev–Trinajstić information content (AvgIpc) is 2.56. The summed E-state index contributed by atoms with van der Waals surface area (Å²) < 4.78 is 5.60. The number of ether oxygens (including phenoxy) is 1. The zero-order valence-electron chi connectivity index (χ0n) is 15.6. The summed E-state index contributed by atoms with van der Waals surface area (Å²) in [6.45, 7) is 16.9. The van der Waals surface area contributed by atoms with E-state index in [0.29, 0.717) is 5.92 Å². The van der Waals surface area contributed by atoms with Crippen molar-refractivity contribution in [1.29, 1.82) is 0 Å². The Morgan fingerprint density at radius 3 is 2.30 bits per heavy atom. The van der Waals surface area contributed by atoms with E-state index >= 15 is 0 Å². The van der Waals surface area contributed by atoms with Gasteiger partial charge in [0.05, 0.1) is 6.61 Å². The van der Waals surface area contributed by atoms with Crippen LogP contribution in [0.5, 0.6) is 0 Å². The standard InChI is InChI=1S/C17H37N5O/c1-5-21-10-12-22(13-11-21)9-7-19-17(18-4)20-8-15-23-14-6-16(2)3/h16H,5-15H2,1-4H3,(H2,18,19,20). The van der Waals surface area contributed by atoms with Crippen LogP contribution in [0.25, 0.3) is 0 Å². The molecule has 1 rings (SSSR count). The zero-order chi connectivity index (χ0) is 16.9. The monoisotopic (exact) mass is 327 g/mol. The SMILES string of the molecule is CCN1CCN(CCNC(=NC)NCCOCCC(C)C)CC1. The summed E-state index contributed by atoms with van der Waals surface area (Å²) in [4.78, 5) is 9.27. The highest BCUT2D eigenvalue weighted by Gasteiger charge is 2.14. The lowest BCUT2D eigenvalue weighted by molar-refractivity contribution is 0.128. The molecule has 0 aromatic heterocycles. The fourth-order valence-electron chi connectivity index (χ4n) is 2.54. The molecule has 0 radical (unpaired) electrons. The topological polar surface area (TPSA) is 52.1 Å². The first kappa shape index (κ1) is 20.2. The molecule has 0 aromatic rings. The molecular weight excluding hydrogens is 290 g/mol. The Morgan fingerprint density at radius 2 is 1.70 bits per heavy atom. The van der Waals surface area contributed by atoms with E-state index < -0.39 is 0 Å². The molecule has 1 aliphatic rings. The summed E-state index contributed by atoms with van der Waals surface area (Å²) in [5.41, 5.74) is 0. The second kappa shape index (κ2) is 12.6. The van der Waals surface area contributed by atoms with Crippen molar-refractivity contribution in [3.05, 3.63) is 0 Å². The van der Waals surface area contributed by atoms with Gasteiger partial charge in [0.15, 0.2) is 5.96 Å². The predicted octanol–water partition coefficient (Wildman–Crippen LogP) is 0.852. The Labute approximate surface area is 142 Å². The highest BCUT2D eigenvalue weighted by atomic mass is 16.5. The summed E-state index contributed by atoms with van der Waals surface area (Å²) in [5, 5.41) is 6.68. The lowest BCUT2D eigenvalue weighted by Gasteiger charge is -2.34. The van der Waals surface area contributed by atoms with Gasteiger partial charge >= 0.3 is 0 Å². The van der Waals surface area contributed by atoms with E-state index in [9.17, 15) is 0 Å². The van der Waals surface area contributed by atoms with Gasteiger partial charge in [-0.1, -0.05) is 20.8 Å². The van der Waals surface area contributed by atoms with Crippen LogP contribution in [-0.2, 0) is 4.74 Å². The van der Waals surface area contributed by atoms with E-state index in [0.717, 1.165) is 45.2 Å². The van der Waals surface area contributed by atoms with Crippen molar-refractivity contribution in [1.82, 2.24) is 20.4 Å². The number of hydrogen-bond acceptors (Lipinski definition) is 4. The molecule has 2 N–H and O–H groups in total. The average molecular weight is 328 g/mol. The Kier molecular flexibility index (Phi) is 11.0. The fourth-order valence-corrected chi connectivity index (χ4v) is 2.54. The van der Waals surface area contributed by atoms with Crippen LogP contribution in [0.2, 0.25) is 0 Å². The molecule has 6 heteroatoms. The van der Waals surface area contributed by atoms with Crippen LogP contribution in [-0.4, -0.2) is 88.4 Å². The van der Waals surface area contributed by atoms with Crippen molar-refractivity contribution in [2.45, 2.75) is 27.2 Å². The molecule has 0 bridgehead atoms. The number of nitrogens with zero attached hydrogens (tertiary/aromatic N) is 3. The molecule has 0 atom stereocenters. The van der Waals surface area contributed by atoms with E-state index in [1.54, 1.807) is 0 Å². The normalized spacial score (nSPS) is 17.7. The van der Waals surface area contributed by atoms with Crippen LogP contribution in [0, 0.1) is 5.92 Å². The minimum Gasteiger partial charge on any atom is -0.380 e. The van der Waals surface area contributed by atoms with Gasteiger partial charge in [0.1, 0.15) is 0 Å². The molecule has 0 amide bonds. The van der Waals surface area contributed by atoms with Gasteiger partial charge in [-0.05, 0) is 18.9 Å². The third kappa shape index (κ3) is 9.79. The first-order valence-corrected chi connectivity index (χ1v) is 9.12. The third-order valence-electron chi connectivity index (χ3n) is 4.23. The van der Waals surface area contributed by atoms with Gasteiger partial charge in [-0.15, -0.1) is 0 Å². The second-order valence-corrected chi connectivity index (χ2v) is 6.50. The first-order chi connectivity index (χ1) is 11.2. The van der Waals surface area contributed by atoms with Gasteiger partial charge in [0.25, 0.3) is 0 Å². The zero-order valence-corrected chi connectivity index (χ0v) is 15.6. The molecule has 1 aliphatic heterocycles. The minimum absolute atomic E-state index is 0.705. The molecular formula is C17H37N5O. The lowest BCUT2D eigenvalue weighted by Crippen LogP contribution is -2.49. The summed E-state index contributed by atoms with van der Waals surface area (Å²) in [6, 6.07) is 0. The van der Waals surface area contributed by atoms with Crippen molar-refractivity contribution in [3.8, 4) is 0 Å². The largest absolute Gasteiger partial charge is 0.380 e. The molecule has 1 heterocycles. The predicted molar refractivity (Wildman–Crippen MR) is 98.2 cm³/mol. The molecule has 136 valence electrons. The van der Waals surface area contributed by atoms with E-state index in [1.165, 1.54) is 32.7 Å². The summed E-state index contributed by atoms with van der Waals surface area (Å²) in [6.07, 6.45) is 1.12. The number of piperazine rings is 1. The smallest absolute Gasteiger partial charge is 0.191 e. The molecule has 0 spiro atoms. The van der Waals surface area contributed by atoms with Gasteiger partial charge in [0, 0.05) is 59.5 Å². The second-order valence-electron chi connectivity index (χ2n) is 6.50. The van der Waals surface area contributed by atoms with E-state index in [4.69, 9.17) is 4.74 Å². The van der Waals surface area contributed by atoms with Crippen LogP contribution in [0.4, 0.5) is 0 Å². The molecule has 1 fully saturated rings. The highest BCUT2D eigenvalue weighted by molar-refractivity contribution is 5.79. The van der Waals surface area contributed by atoms with Crippen LogP contribution in [0.1, 0.15) is 27.2 Å². The number of likely N-dealkylation sites (N-methyl/N-ethyl adjacent to an activating group) is 1. The maximum absolute atomic E-state index is 5.60. The van der Waals surface area contributed by atoms with Crippen molar-refractivity contribution in [2.75, 3.05) is 72.6 Å². The van der Waals surface area contributed by atoms with Crippen molar-refractivity contribution < 1.29 is 4.74 Å². The molecule has 23 heavy (non-hydrogen) atoms. The maximum atomic E-state index is 5.60. The molecule has 0 aliphatic carbocycles.